The molecular formula is C31H38N2O5S. The summed E-state index contributed by atoms with van der Waals surface area (Å²) in [5.74, 6) is 1.59. The quantitative estimate of drug-likeness (QED) is 0.205. The monoisotopic (exact) mass is 550 g/mol. The van der Waals surface area contributed by atoms with Crippen LogP contribution in [0.1, 0.15) is 30.0 Å². The molecule has 0 aromatic heterocycles. The van der Waals surface area contributed by atoms with Crippen LogP contribution in [0.4, 0.5) is 10.5 Å². The normalized spacial score (nSPS) is 11.5. The lowest BCUT2D eigenvalue weighted by atomic mass is 10.1. The molecule has 0 saturated heterocycles. The molecule has 0 heterocycles. The third kappa shape index (κ3) is 10.7. The number of para-hydroxylation sites is 1. The molecule has 7 nitrogen and oxygen atoms in total. The van der Waals surface area contributed by atoms with Crippen molar-refractivity contribution >= 4 is 29.4 Å². The second-order valence-corrected chi connectivity index (χ2v) is 10.2. The molecule has 0 bridgehead atoms. The highest BCUT2D eigenvalue weighted by Gasteiger charge is 2.18. The maximum atomic E-state index is 13.1. The largest absolute Gasteiger partial charge is 0.492 e. The van der Waals surface area contributed by atoms with E-state index in [1.54, 1.807) is 11.8 Å². The summed E-state index contributed by atoms with van der Waals surface area (Å²) in [6.45, 7) is 5.50. The van der Waals surface area contributed by atoms with Gasteiger partial charge in [0.2, 0.25) is 0 Å². The summed E-state index contributed by atoms with van der Waals surface area (Å²) in [6.07, 6.45) is 0.296. The summed E-state index contributed by atoms with van der Waals surface area (Å²) >= 11 is 1.86. The maximum absolute atomic E-state index is 13.1. The number of aliphatic carboxylic acids is 1. The molecule has 3 rings (SSSR count). The van der Waals surface area contributed by atoms with Crippen LogP contribution in [0.5, 0.6) is 5.75 Å². The van der Waals surface area contributed by atoms with E-state index in [0.717, 1.165) is 34.7 Å². The van der Waals surface area contributed by atoms with Crippen molar-refractivity contribution in [3.8, 4) is 5.75 Å². The van der Waals surface area contributed by atoms with Crippen molar-refractivity contribution in [2.24, 2.45) is 0 Å². The van der Waals surface area contributed by atoms with E-state index in [-0.39, 0.29) is 6.03 Å². The topological polar surface area (TPSA) is 88.1 Å². The van der Waals surface area contributed by atoms with Gasteiger partial charge in [0.05, 0.1) is 6.54 Å². The standard InChI is InChI=1S/C31H38N2O5S/c1-3-37-29(30(34)35)22-25-14-16-27(17-15-25)38-20-19-33(31(36)32-28-13-8-7-10-24(28)2)18-9-21-39-23-26-11-5-4-6-12-26/h4-8,10-17,29H,3,9,18-23H2,1-2H3,(H,32,36)(H,34,35). The highest BCUT2D eigenvalue weighted by molar-refractivity contribution is 7.98. The van der Waals surface area contributed by atoms with E-state index in [2.05, 4.69) is 29.6 Å². The molecule has 0 aliphatic carbocycles. The highest BCUT2D eigenvalue weighted by atomic mass is 32.2. The number of amides is 2. The van der Waals surface area contributed by atoms with Gasteiger partial charge in [0.25, 0.3) is 0 Å². The molecule has 0 fully saturated rings. The van der Waals surface area contributed by atoms with Gasteiger partial charge in [-0.05, 0) is 60.9 Å². The van der Waals surface area contributed by atoms with Crippen LogP contribution in [0, 0.1) is 6.92 Å². The van der Waals surface area contributed by atoms with Crippen molar-refractivity contribution in [3.05, 3.63) is 95.6 Å². The Labute approximate surface area is 235 Å². The number of ether oxygens (including phenoxy) is 2. The Morgan fingerprint density at radius 1 is 0.949 bits per heavy atom. The molecule has 0 radical (unpaired) electrons. The predicted octanol–water partition coefficient (Wildman–Crippen LogP) is 6.26. The van der Waals surface area contributed by atoms with Gasteiger partial charge in [-0.3, -0.25) is 0 Å². The molecule has 39 heavy (non-hydrogen) atoms. The van der Waals surface area contributed by atoms with Gasteiger partial charge in [-0.25, -0.2) is 9.59 Å². The number of thioether (sulfide) groups is 1. The number of hydrogen-bond acceptors (Lipinski definition) is 5. The SMILES string of the molecule is CCOC(Cc1ccc(OCCN(CCCSCc2ccccc2)C(=O)Nc2ccccc2C)cc1)C(=O)O. The fourth-order valence-corrected chi connectivity index (χ4v) is 4.88. The lowest BCUT2D eigenvalue weighted by Crippen LogP contribution is -2.39. The van der Waals surface area contributed by atoms with Crippen LogP contribution in [-0.4, -0.2) is 60.2 Å². The van der Waals surface area contributed by atoms with Crippen LogP contribution >= 0.6 is 11.8 Å². The van der Waals surface area contributed by atoms with E-state index in [4.69, 9.17) is 9.47 Å². The number of carbonyl (C=O) groups excluding carboxylic acids is 1. The second kappa shape index (κ2) is 16.5. The van der Waals surface area contributed by atoms with Gasteiger partial charge in [0, 0.05) is 31.0 Å². The van der Waals surface area contributed by atoms with Gasteiger partial charge < -0.3 is 24.8 Å². The van der Waals surface area contributed by atoms with Crippen LogP contribution in [0.15, 0.2) is 78.9 Å². The Bertz CT molecular complexity index is 1160. The minimum absolute atomic E-state index is 0.146. The fraction of sp³-hybridized carbons (Fsp3) is 0.355. The number of nitrogens with one attached hydrogen (secondary N) is 1. The number of urea groups is 1. The summed E-state index contributed by atoms with van der Waals surface area (Å²) in [5, 5.41) is 12.3. The molecule has 3 aromatic rings. The number of aryl methyl sites for hydroxylation is 1. The zero-order valence-electron chi connectivity index (χ0n) is 22.7. The van der Waals surface area contributed by atoms with Crippen LogP contribution in [-0.2, 0) is 21.7 Å². The van der Waals surface area contributed by atoms with E-state index < -0.39 is 12.1 Å². The van der Waals surface area contributed by atoms with Gasteiger partial charge >= 0.3 is 12.0 Å². The number of carbonyl (C=O) groups is 2. The molecular weight excluding hydrogens is 512 g/mol. The Kier molecular flexibility index (Phi) is 12.7. The van der Waals surface area contributed by atoms with Crippen LogP contribution in [0.25, 0.3) is 0 Å². The first kappa shape index (κ1) is 30.1. The summed E-state index contributed by atoms with van der Waals surface area (Å²) in [7, 11) is 0. The molecule has 1 unspecified atom stereocenters. The molecule has 0 saturated carbocycles. The van der Waals surface area contributed by atoms with Gasteiger partial charge in [-0.15, -0.1) is 0 Å². The summed E-state index contributed by atoms with van der Waals surface area (Å²) in [6, 6.07) is 25.3. The van der Waals surface area contributed by atoms with Crippen molar-refractivity contribution < 1.29 is 24.2 Å². The second-order valence-electron chi connectivity index (χ2n) is 9.10. The fourth-order valence-electron chi connectivity index (χ4n) is 3.97. The Morgan fingerprint density at radius 2 is 1.67 bits per heavy atom. The van der Waals surface area contributed by atoms with Crippen LogP contribution in [0.2, 0.25) is 0 Å². The summed E-state index contributed by atoms with van der Waals surface area (Å²) in [5.41, 5.74) is 3.96. The molecule has 208 valence electrons. The number of carboxylic acids is 1. The number of carboxylic acid groups (broad SMARTS) is 1. The lowest BCUT2D eigenvalue weighted by Gasteiger charge is -2.24. The van der Waals surface area contributed by atoms with Crippen molar-refractivity contribution in [2.45, 2.75) is 38.5 Å². The van der Waals surface area contributed by atoms with Crippen molar-refractivity contribution in [1.29, 1.82) is 0 Å². The average molecular weight is 551 g/mol. The zero-order chi connectivity index (χ0) is 27.9. The van der Waals surface area contributed by atoms with E-state index in [0.29, 0.717) is 38.5 Å². The van der Waals surface area contributed by atoms with Gasteiger partial charge in [0.1, 0.15) is 12.4 Å². The minimum atomic E-state index is -0.972. The molecule has 0 aliphatic rings. The average Bonchev–Trinajstić information content (AvgIpc) is 2.94. The highest BCUT2D eigenvalue weighted by Crippen LogP contribution is 2.17. The van der Waals surface area contributed by atoms with E-state index >= 15 is 0 Å². The number of benzene rings is 3. The van der Waals surface area contributed by atoms with E-state index in [1.807, 2.05) is 73.3 Å². The minimum Gasteiger partial charge on any atom is -0.492 e. The van der Waals surface area contributed by atoms with E-state index in [1.165, 1.54) is 5.56 Å². The van der Waals surface area contributed by atoms with Gasteiger partial charge in [-0.2, -0.15) is 11.8 Å². The first-order valence-electron chi connectivity index (χ1n) is 13.3. The molecule has 3 aromatic carbocycles. The molecule has 0 aliphatic heterocycles. The van der Waals surface area contributed by atoms with Crippen molar-refractivity contribution in [2.75, 3.05) is 37.4 Å². The van der Waals surface area contributed by atoms with Crippen LogP contribution < -0.4 is 10.1 Å². The third-order valence-electron chi connectivity index (χ3n) is 6.12. The van der Waals surface area contributed by atoms with Crippen molar-refractivity contribution in [3.63, 3.8) is 0 Å². The first-order chi connectivity index (χ1) is 19.0. The van der Waals surface area contributed by atoms with Crippen molar-refractivity contribution in [1.82, 2.24) is 4.90 Å². The Balaban J connectivity index is 1.51. The maximum Gasteiger partial charge on any atom is 0.333 e. The number of anilines is 1. The molecule has 1 atom stereocenters. The summed E-state index contributed by atoms with van der Waals surface area (Å²) < 4.78 is 11.2. The van der Waals surface area contributed by atoms with Gasteiger partial charge in [0.15, 0.2) is 6.10 Å². The first-order valence-corrected chi connectivity index (χ1v) is 14.4. The summed E-state index contributed by atoms with van der Waals surface area (Å²) in [4.78, 5) is 26.3. The zero-order valence-corrected chi connectivity index (χ0v) is 23.5. The predicted molar refractivity (Wildman–Crippen MR) is 158 cm³/mol. The number of hydrogen-bond donors (Lipinski definition) is 2. The van der Waals surface area contributed by atoms with E-state index in [9.17, 15) is 14.7 Å². The molecule has 8 heteroatoms. The third-order valence-corrected chi connectivity index (χ3v) is 7.23. The molecule has 2 N–H and O–H groups in total. The lowest BCUT2D eigenvalue weighted by molar-refractivity contribution is -0.149. The number of rotatable bonds is 16. The Morgan fingerprint density at radius 3 is 2.36 bits per heavy atom. The Hall–Kier alpha value is -3.49. The van der Waals surface area contributed by atoms with Crippen LogP contribution in [0.3, 0.4) is 0 Å². The molecule has 2 amide bonds. The van der Waals surface area contributed by atoms with Gasteiger partial charge in [-0.1, -0.05) is 60.7 Å². The smallest absolute Gasteiger partial charge is 0.333 e. The molecule has 0 spiro atoms. The number of nitrogens with zero attached hydrogens (tertiary/aromatic N) is 1.